The quantitative estimate of drug-likeness (QED) is 0.675. The van der Waals surface area contributed by atoms with Gasteiger partial charge in [0.05, 0.1) is 16.8 Å². The summed E-state index contributed by atoms with van der Waals surface area (Å²) in [6.07, 6.45) is 6.74. The lowest BCUT2D eigenvalue weighted by Gasteiger charge is -2.11. The van der Waals surface area contributed by atoms with Gasteiger partial charge in [-0.2, -0.15) is 0 Å². The summed E-state index contributed by atoms with van der Waals surface area (Å²) in [5.74, 6) is -0.0376. The predicted molar refractivity (Wildman–Crippen MR) is 102 cm³/mol. The molecule has 0 saturated carbocycles. The van der Waals surface area contributed by atoms with E-state index in [0.717, 1.165) is 47.0 Å². The van der Waals surface area contributed by atoms with Gasteiger partial charge in [0.25, 0.3) is 5.91 Å². The van der Waals surface area contributed by atoms with E-state index in [1.54, 1.807) is 12.4 Å². The zero-order valence-corrected chi connectivity index (χ0v) is 14.7. The summed E-state index contributed by atoms with van der Waals surface area (Å²) < 4.78 is 0. The summed E-state index contributed by atoms with van der Waals surface area (Å²) in [6, 6.07) is 11.7. The van der Waals surface area contributed by atoms with E-state index >= 15 is 0 Å². The van der Waals surface area contributed by atoms with Crippen molar-refractivity contribution in [2.75, 3.05) is 6.54 Å². The molecule has 0 aliphatic heterocycles. The summed E-state index contributed by atoms with van der Waals surface area (Å²) in [5, 5.41) is 3.94. The average Bonchev–Trinajstić information content (AvgIpc) is 2.65. The van der Waals surface area contributed by atoms with Crippen LogP contribution in [0.1, 0.15) is 42.1 Å². The molecule has 128 valence electrons. The maximum Gasteiger partial charge on any atom is 0.252 e. The zero-order chi connectivity index (χ0) is 17.6. The second-order valence-electron chi connectivity index (χ2n) is 6.27. The number of carbonyl (C=O) groups is 1. The number of hydrogen-bond donors (Lipinski definition) is 1. The van der Waals surface area contributed by atoms with Crippen LogP contribution >= 0.6 is 0 Å². The van der Waals surface area contributed by atoms with Crippen LogP contribution in [0, 0.1) is 6.92 Å². The fraction of sp³-hybridized carbons (Fsp3) is 0.286. The number of nitrogens with one attached hydrogen (secondary N) is 1. The lowest BCUT2D eigenvalue weighted by molar-refractivity contribution is 0.0954. The van der Waals surface area contributed by atoms with E-state index < -0.39 is 0 Å². The van der Waals surface area contributed by atoms with E-state index in [2.05, 4.69) is 17.2 Å². The van der Waals surface area contributed by atoms with Crippen LogP contribution in [0.25, 0.3) is 22.2 Å². The highest BCUT2D eigenvalue weighted by molar-refractivity contribution is 6.07. The van der Waals surface area contributed by atoms with Crippen LogP contribution in [0.2, 0.25) is 0 Å². The molecule has 3 rings (SSSR count). The molecule has 0 radical (unpaired) electrons. The van der Waals surface area contributed by atoms with Crippen molar-refractivity contribution < 1.29 is 4.79 Å². The third kappa shape index (κ3) is 4.02. The van der Waals surface area contributed by atoms with Gasteiger partial charge in [0.15, 0.2) is 0 Å². The summed E-state index contributed by atoms with van der Waals surface area (Å²) >= 11 is 0. The van der Waals surface area contributed by atoms with Crippen LogP contribution < -0.4 is 5.32 Å². The first kappa shape index (κ1) is 17.1. The molecule has 0 unspecified atom stereocenters. The molecule has 0 aliphatic carbocycles. The molecule has 25 heavy (non-hydrogen) atoms. The molecule has 0 atom stereocenters. The molecular formula is C21H23N3O. The zero-order valence-electron chi connectivity index (χ0n) is 14.7. The normalized spacial score (nSPS) is 10.8. The highest BCUT2D eigenvalue weighted by Gasteiger charge is 2.14. The Bertz CT molecular complexity index is 875. The topological polar surface area (TPSA) is 54.9 Å². The van der Waals surface area contributed by atoms with E-state index in [4.69, 9.17) is 4.98 Å². The summed E-state index contributed by atoms with van der Waals surface area (Å²) in [7, 11) is 0. The molecule has 0 saturated heterocycles. The summed E-state index contributed by atoms with van der Waals surface area (Å²) in [6.45, 7) is 4.88. The van der Waals surface area contributed by atoms with Crippen molar-refractivity contribution in [2.45, 2.75) is 33.1 Å². The molecule has 2 aromatic heterocycles. The van der Waals surface area contributed by atoms with Crippen LogP contribution in [0.3, 0.4) is 0 Å². The van der Waals surface area contributed by atoms with Crippen molar-refractivity contribution in [3.8, 4) is 11.3 Å². The second-order valence-corrected chi connectivity index (χ2v) is 6.27. The van der Waals surface area contributed by atoms with Crippen molar-refractivity contribution >= 4 is 16.8 Å². The Morgan fingerprint density at radius 2 is 1.88 bits per heavy atom. The lowest BCUT2D eigenvalue weighted by atomic mass is 10.0. The molecule has 4 heteroatoms. The van der Waals surface area contributed by atoms with E-state index in [-0.39, 0.29) is 5.91 Å². The number of fused-ring (bicyclic) bond motifs is 1. The van der Waals surface area contributed by atoms with Crippen LogP contribution in [0.5, 0.6) is 0 Å². The molecule has 0 aliphatic rings. The van der Waals surface area contributed by atoms with Gasteiger partial charge >= 0.3 is 0 Å². The van der Waals surface area contributed by atoms with Crippen molar-refractivity contribution in [1.82, 2.24) is 15.3 Å². The minimum Gasteiger partial charge on any atom is -0.352 e. The Kier molecular flexibility index (Phi) is 5.39. The maximum atomic E-state index is 12.8. The Balaban J connectivity index is 2.01. The monoisotopic (exact) mass is 333 g/mol. The van der Waals surface area contributed by atoms with Crippen molar-refractivity contribution in [3.63, 3.8) is 0 Å². The third-order valence-electron chi connectivity index (χ3n) is 4.25. The molecule has 0 spiro atoms. The lowest BCUT2D eigenvalue weighted by Crippen LogP contribution is -2.24. The van der Waals surface area contributed by atoms with Gasteiger partial charge in [-0.05, 0) is 43.7 Å². The highest BCUT2D eigenvalue weighted by atomic mass is 16.1. The Morgan fingerprint density at radius 1 is 1.08 bits per heavy atom. The molecule has 1 aromatic carbocycles. The van der Waals surface area contributed by atoms with Gasteiger partial charge in [-0.15, -0.1) is 0 Å². The van der Waals surface area contributed by atoms with Crippen LogP contribution in [0.15, 0.2) is 48.8 Å². The first-order valence-corrected chi connectivity index (χ1v) is 8.79. The Labute approximate surface area is 148 Å². The molecule has 2 heterocycles. The predicted octanol–water partition coefficient (Wildman–Crippen LogP) is 4.53. The molecule has 0 fully saturated rings. The fourth-order valence-electron chi connectivity index (χ4n) is 2.87. The molecular weight excluding hydrogens is 310 g/mol. The number of nitrogens with zero attached hydrogens (tertiary/aromatic N) is 2. The number of rotatable bonds is 6. The average molecular weight is 333 g/mol. The van der Waals surface area contributed by atoms with Gasteiger partial charge < -0.3 is 5.32 Å². The standard InChI is InChI=1S/C21H23N3O/c1-3-4-5-10-23-21(25)18-14-20(16-8-11-22-12-9-16)24-19-7-6-15(2)13-17(18)19/h6-9,11-14H,3-5,10H2,1-2H3,(H,23,25). The van der Waals surface area contributed by atoms with E-state index in [1.807, 2.05) is 43.3 Å². The van der Waals surface area contributed by atoms with Gasteiger partial charge in [0.2, 0.25) is 0 Å². The smallest absolute Gasteiger partial charge is 0.252 e. The number of aryl methyl sites for hydroxylation is 1. The van der Waals surface area contributed by atoms with Crippen LogP contribution in [-0.4, -0.2) is 22.4 Å². The first-order valence-electron chi connectivity index (χ1n) is 8.79. The number of benzene rings is 1. The van der Waals surface area contributed by atoms with Crippen LogP contribution in [-0.2, 0) is 0 Å². The minimum absolute atomic E-state index is 0.0376. The largest absolute Gasteiger partial charge is 0.352 e. The third-order valence-corrected chi connectivity index (χ3v) is 4.25. The number of amides is 1. The maximum absolute atomic E-state index is 12.8. The van der Waals surface area contributed by atoms with E-state index in [1.165, 1.54) is 0 Å². The molecule has 1 amide bonds. The number of aromatic nitrogens is 2. The Hall–Kier alpha value is -2.75. The molecule has 0 bridgehead atoms. The van der Waals surface area contributed by atoms with E-state index in [0.29, 0.717) is 12.1 Å². The number of hydrogen-bond acceptors (Lipinski definition) is 3. The highest BCUT2D eigenvalue weighted by Crippen LogP contribution is 2.25. The molecule has 1 N–H and O–H groups in total. The van der Waals surface area contributed by atoms with Crippen molar-refractivity contribution in [2.24, 2.45) is 0 Å². The molecule has 4 nitrogen and oxygen atoms in total. The number of unbranched alkanes of at least 4 members (excludes halogenated alkanes) is 2. The Morgan fingerprint density at radius 3 is 2.64 bits per heavy atom. The van der Waals surface area contributed by atoms with Crippen molar-refractivity contribution in [3.05, 3.63) is 59.9 Å². The summed E-state index contributed by atoms with van der Waals surface area (Å²) in [5.41, 5.74) is 4.37. The van der Waals surface area contributed by atoms with Gasteiger partial charge in [-0.1, -0.05) is 31.4 Å². The minimum atomic E-state index is -0.0376. The van der Waals surface area contributed by atoms with E-state index in [9.17, 15) is 4.79 Å². The second kappa shape index (κ2) is 7.88. The van der Waals surface area contributed by atoms with Crippen molar-refractivity contribution in [1.29, 1.82) is 0 Å². The fourth-order valence-corrected chi connectivity index (χ4v) is 2.87. The number of carbonyl (C=O) groups excluding carboxylic acids is 1. The van der Waals surface area contributed by atoms with Gasteiger partial charge in [0.1, 0.15) is 0 Å². The first-order chi connectivity index (χ1) is 12.2. The van der Waals surface area contributed by atoms with Gasteiger partial charge in [0, 0.05) is 29.9 Å². The number of pyridine rings is 2. The SMILES string of the molecule is CCCCCNC(=O)c1cc(-c2ccncc2)nc2ccc(C)cc12. The van der Waals surface area contributed by atoms with Gasteiger partial charge in [-0.3, -0.25) is 9.78 Å². The van der Waals surface area contributed by atoms with Gasteiger partial charge in [-0.25, -0.2) is 4.98 Å². The van der Waals surface area contributed by atoms with Crippen LogP contribution in [0.4, 0.5) is 0 Å². The summed E-state index contributed by atoms with van der Waals surface area (Å²) in [4.78, 5) is 21.6. The molecule has 3 aromatic rings.